The molecule has 1 fully saturated rings. The van der Waals surface area contributed by atoms with Gasteiger partial charge in [-0.25, -0.2) is 0 Å². The van der Waals surface area contributed by atoms with Crippen LogP contribution >= 0.6 is 12.4 Å². The summed E-state index contributed by atoms with van der Waals surface area (Å²) in [5.41, 5.74) is 6.26. The van der Waals surface area contributed by atoms with Gasteiger partial charge in [-0.3, -0.25) is 9.48 Å². The summed E-state index contributed by atoms with van der Waals surface area (Å²) in [7, 11) is 0. The molecule has 0 aliphatic carbocycles. The van der Waals surface area contributed by atoms with E-state index in [0.29, 0.717) is 11.5 Å². The quantitative estimate of drug-likeness (QED) is 0.907. The summed E-state index contributed by atoms with van der Waals surface area (Å²) in [6.45, 7) is 8.55. The van der Waals surface area contributed by atoms with Crippen molar-refractivity contribution in [2.24, 2.45) is 11.7 Å². The van der Waals surface area contributed by atoms with Crippen LogP contribution in [0.2, 0.25) is 0 Å². The molecule has 0 atom stereocenters. The third-order valence-electron chi connectivity index (χ3n) is 3.75. The molecule has 5 nitrogen and oxygen atoms in total. The SMILES string of the molecule is CC(C)(C)n1cc(C(=O)N2CCC(CN)CC2)cn1.Cl. The minimum atomic E-state index is -0.0922. The highest BCUT2D eigenvalue weighted by Crippen LogP contribution is 2.19. The standard InChI is InChI=1S/C14H24N4O.ClH/c1-14(2,3)18-10-12(9-16-18)13(19)17-6-4-11(8-15)5-7-17;/h9-11H,4-8,15H2,1-3H3;1H. The van der Waals surface area contributed by atoms with Gasteiger partial charge in [0.15, 0.2) is 0 Å². The fourth-order valence-electron chi connectivity index (χ4n) is 2.35. The van der Waals surface area contributed by atoms with Crippen LogP contribution in [0.1, 0.15) is 44.0 Å². The second-order valence-corrected chi connectivity index (χ2v) is 6.32. The molecule has 1 saturated heterocycles. The number of nitrogens with zero attached hydrogens (tertiary/aromatic N) is 3. The van der Waals surface area contributed by atoms with Gasteiger partial charge in [0.05, 0.1) is 17.3 Å². The fraction of sp³-hybridized carbons (Fsp3) is 0.714. The molecule has 1 aromatic rings. The zero-order valence-electron chi connectivity index (χ0n) is 12.5. The Balaban J connectivity index is 0.00000200. The van der Waals surface area contributed by atoms with Crippen LogP contribution in [0.15, 0.2) is 12.4 Å². The van der Waals surface area contributed by atoms with E-state index < -0.39 is 0 Å². The Morgan fingerprint density at radius 1 is 1.40 bits per heavy atom. The first kappa shape index (κ1) is 17.0. The Labute approximate surface area is 126 Å². The van der Waals surface area contributed by atoms with Crippen LogP contribution in [-0.4, -0.2) is 40.2 Å². The number of carbonyl (C=O) groups is 1. The third-order valence-corrected chi connectivity index (χ3v) is 3.75. The lowest BCUT2D eigenvalue weighted by molar-refractivity contribution is 0.0693. The average molecular weight is 301 g/mol. The van der Waals surface area contributed by atoms with E-state index in [0.717, 1.165) is 32.5 Å². The molecule has 0 bridgehead atoms. The first-order valence-corrected chi connectivity index (χ1v) is 6.96. The van der Waals surface area contributed by atoms with Gasteiger partial charge in [-0.05, 0) is 46.1 Å². The molecule has 2 N–H and O–H groups in total. The molecule has 0 unspecified atom stereocenters. The first-order chi connectivity index (χ1) is 8.91. The zero-order chi connectivity index (χ0) is 14.0. The largest absolute Gasteiger partial charge is 0.339 e. The molecule has 1 aliphatic heterocycles. The Morgan fingerprint density at radius 3 is 2.45 bits per heavy atom. The van der Waals surface area contributed by atoms with Gasteiger partial charge in [-0.15, -0.1) is 12.4 Å². The lowest BCUT2D eigenvalue weighted by Crippen LogP contribution is -2.40. The Morgan fingerprint density at radius 2 is 2.00 bits per heavy atom. The van der Waals surface area contributed by atoms with Gasteiger partial charge in [-0.1, -0.05) is 0 Å². The molecule has 114 valence electrons. The summed E-state index contributed by atoms with van der Waals surface area (Å²) in [6, 6.07) is 0. The van der Waals surface area contributed by atoms with E-state index in [4.69, 9.17) is 5.73 Å². The van der Waals surface area contributed by atoms with Crippen molar-refractivity contribution in [2.45, 2.75) is 39.2 Å². The molecular weight excluding hydrogens is 276 g/mol. The summed E-state index contributed by atoms with van der Waals surface area (Å²) < 4.78 is 1.84. The monoisotopic (exact) mass is 300 g/mol. The highest BCUT2D eigenvalue weighted by molar-refractivity contribution is 5.93. The van der Waals surface area contributed by atoms with E-state index in [1.165, 1.54) is 0 Å². The number of piperidine rings is 1. The van der Waals surface area contributed by atoms with Gasteiger partial charge in [0.1, 0.15) is 0 Å². The minimum Gasteiger partial charge on any atom is -0.339 e. The number of carbonyl (C=O) groups excluding carboxylic acids is 1. The van der Waals surface area contributed by atoms with Crippen LogP contribution in [0.3, 0.4) is 0 Å². The fourth-order valence-corrected chi connectivity index (χ4v) is 2.35. The lowest BCUT2D eigenvalue weighted by atomic mass is 9.97. The lowest BCUT2D eigenvalue weighted by Gasteiger charge is -2.31. The van der Waals surface area contributed by atoms with E-state index in [9.17, 15) is 4.79 Å². The summed E-state index contributed by atoms with van der Waals surface area (Å²) in [6.07, 6.45) is 5.53. The molecular formula is C14H25ClN4O. The van der Waals surface area contributed by atoms with Crippen LogP contribution in [0.25, 0.3) is 0 Å². The van der Waals surface area contributed by atoms with E-state index in [1.807, 2.05) is 15.8 Å². The van der Waals surface area contributed by atoms with Crippen LogP contribution in [0.4, 0.5) is 0 Å². The van der Waals surface area contributed by atoms with Crippen LogP contribution in [-0.2, 0) is 5.54 Å². The molecule has 0 aromatic carbocycles. The van der Waals surface area contributed by atoms with Crippen molar-refractivity contribution in [3.63, 3.8) is 0 Å². The maximum absolute atomic E-state index is 12.4. The second-order valence-electron chi connectivity index (χ2n) is 6.32. The molecule has 0 radical (unpaired) electrons. The molecule has 0 saturated carbocycles. The summed E-state index contributed by atoms with van der Waals surface area (Å²) in [5.74, 6) is 0.660. The zero-order valence-corrected chi connectivity index (χ0v) is 13.3. The Bertz CT molecular complexity index is 444. The molecule has 1 aromatic heterocycles. The highest BCUT2D eigenvalue weighted by atomic mass is 35.5. The maximum Gasteiger partial charge on any atom is 0.257 e. The van der Waals surface area contributed by atoms with Crippen molar-refractivity contribution in [2.75, 3.05) is 19.6 Å². The minimum absolute atomic E-state index is 0. The number of amides is 1. The number of halogens is 1. The van der Waals surface area contributed by atoms with E-state index >= 15 is 0 Å². The van der Waals surface area contributed by atoms with E-state index in [-0.39, 0.29) is 23.9 Å². The van der Waals surface area contributed by atoms with Crippen LogP contribution < -0.4 is 5.73 Å². The van der Waals surface area contributed by atoms with Gasteiger partial charge in [0.2, 0.25) is 0 Å². The number of hydrogen-bond donors (Lipinski definition) is 1. The smallest absolute Gasteiger partial charge is 0.257 e. The van der Waals surface area contributed by atoms with Crippen molar-refractivity contribution >= 4 is 18.3 Å². The first-order valence-electron chi connectivity index (χ1n) is 6.96. The number of rotatable bonds is 2. The van der Waals surface area contributed by atoms with Gasteiger partial charge in [0.25, 0.3) is 5.91 Å². The van der Waals surface area contributed by atoms with Crippen LogP contribution in [0.5, 0.6) is 0 Å². The summed E-state index contributed by atoms with van der Waals surface area (Å²) in [4.78, 5) is 14.3. The Kier molecular flexibility index (Phi) is 5.59. The topological polar surface area (TPSA) is 64.2 Å². The second kappa shape index (κ2) is 6.59. The highest BCUT2D eigenvalue weighted by Gasteiger charge is 2.24. The molecule has 2 rings (SSSR count). The number of likely N-dealkylation sites (tertiary alicyclic amines) is 1. The van der Waals surface area contributed by atoms with Crippen LogP contribution in [0, 0.1) is 5.92 Å². The van der Waals surface area contributed by atoms with Gasteiger partial charge in [0, 0.05) is 19.3 Å². The van der Waals surface area contributed by atoms with Gasteiger partial charge < -0.3 is 10.6 Å². The number of aromatic nitrogens is 2. The molecule has 6 heteroatoms. The Hall–Kier alpha value is -1.07. The normalized spacial score (nSPS) is 16.9. The molecule has 1 aliphatic rings. The summed E-state index contributed by atoms with van der Waals surface area (Å²) in [5, 5.41) is 4.28. The van der Waals surface area contributed by atoms with Crippen molar-refractivity contribution in [3.8, 4) is 0 Å². The molecule has 2 heterocycles. The predicted molar refractivity (Wildman–Crippen MR) is 82.2 cm³/mol. The van der Waals surface area contributed by atoms with Gasteiger partial charge >= 0.3 is 0 Å². The molecule has 0 spiro atoms. The van der Waals surface area contributed by atoms with E-state index in [1.54, 1.807) is 6.20 Å². The molecule has 20 heavy (non-hydrogen) atoms. The summed E-state index contributed by atoms with van der Waals surface area (Å²) >= 11 is 0. The van der Waals surface area contributed by atoms with Crippen molar-refractivity contribution in [1.82, 2.24) is 14.7 Å². The van der Waals surface area contributed by atoms with Gasteiger partial charge in [-0.2, -0.15) is 5.10 Å². The van der Waals surface area contributed by atoms with E-state index in [2.05, 4.69) is 25.9 Å². The van der Waals surface area contributed by atoms with Crippen molar-refractivity contribution < 1.29 is 4.79 Å². The average Bonchev–Trinajstić information content (AvgIpc) is 2.87. The maximum atomic E-state index is 12.4. The third kappa shape index (κ3) is 3.73. The number of hydrogen-bond acceptors (Lipinski definition) is 3. The van der Waals surface area contributed by atoms with Crippen molar-refractivity contribution in [3.05, 3.63) is 18.0 Å². The van der Waals surface area contributed by atoms with Crippen molar-refractivity contribution in [1.29, 1.82) is 0 Å². The molecule has 1 amide bonds. The predicted octanol–water partition coefficient (Wildman–Crippen LogP) is 1.87. The number of nitrogens with two attached hydrogens (primary N) is 1.